The molecule has 1 fully saturated rings. The number of hydrogen-bond acceptors (Lipinski definition) is 7. The van der Waals surface area contributed by atoms with Crippen LogP contribution in [-0.4, -0.2) is 47.1 Å². The van der Waals surface area contributed by atoms with E-state index in [2.05, 4.69) is 21.8 Å². The van der Waals surface area contributed by atoms with Crippen molar-refractivity contribution in [3.8, 4) is 5.75 Å². The van der Waals surface area contributed by atoms with Crippen molar-refractivity contribution < 1.29 is 9.47 Å². The summed E-state index contributed by atoms with van der Waals surface area (Å²) >= 11 is 1.68. The maximum atomic E-state index is 5.90. The summed E-state index contributed by atoms with van der Waals surface area (Å²) in [5, 5.41) is 4.30. The Bertz CT molecular complexity index is 723. The molecule has 0 radical (unpaired) electrons. The van der Waals surface area contributed by atoms with E-state index in [1.807, 2.05) is 18.2 Å². The Morgan fingerprint density at radius 1 is 1.12 bits per heavy atom. The summed E-state index contributed by atoms with van der Waals surface area (Å²) in [5.74, 6) is 1.61. The number of hydrogen-bond donors (Lipinski definition) is 1. The van der Waals surface area contributed by atoms with E-state index in [9.17, 15) is 0 Å². The Kier molecular flexibility index (Phi) is 6.01. The molecule has 0 amide bonds. The van der Waals surface area contributed by atoms with Gasteiger partial charge in [0.05, 0.1) is 18.9 Å². The number of rotatable bonds is 6. The van der Waals surface area contributed by atoms with E-state index in [1.165, 1.54) is 0 Å². The summed E-state index contributed by atoms with van der Waals surface area (Å²) in [7, 11) is 0. The van der Waals surface area contributed by atoms with E-state index in [0.717, 1.165) is 73.5 Å². The second kappa shape index (κ2) is 8.81. The molecule has 0 unspecified atom stereocenters. The lowest BCUT2D eigenvalue weighted by molar-refractivity contribution is 0.101. The van der Waals surface area contributed by atoms with Crippen molar-refractivity contribution in [2.24, 2.45) is 0 Å². The predicted molar refractivity (Wildman–Crippen MR) is 101 cm³/mol. The third kappa shape index (κ3) is 4.54. The molecular formula is C19H24N4O2S. The van der Waals surface area contributed by atoms with Gasteiger partial charge in [0, 0.05) is 26.2 Å². The highest BCUT2D eigenvalue weighted by molar-refractivity contribution is 7.97. The number of piperazine rings is 1. The van der Waals surface area contributed by atoms with Gasteiger partial charge >= 0.3 is 0 Å². The van der Waals surface area contributed by atoms with Crippen molar-refractivity contribution in [3.05, 3.63) is 47.4 Å². The van der Waals surface area contributed by atoms with E-state index >= 15 is 0 Å². The zero-order valence-electron chi connectivity index (χ0n) is 14.8. The fourth-order valence-corrected chi connectivity index (χ4v) is 4.09. The van der Waals surface area contributed by atoms with Crippen molar-refractivity contribution in [2.45, 2.75) is 31.1 Å². The van der Waals surface area contributed by atoms with E-state index in [0.29, 0.717) is 13.2 Å². The zero-order chi connectivity index (χ0) is 17.6. The van der Waals surface area contributed by atoms with Gasteiger partial charge in [-0.1, -0.05) is 30.3 Å². The minimum Gasteiger partial charge on any atom is -0.489 e. The number of fused-ring (bicyclic) bond motifs is 1. The molecule has 2 aliphatic rings. The minimum atomic E-state index is 0.414. The number of benzene rings is 1. The Balaban J connectivity index is 1.46. The smallest absolute Gasteiger partial charge is 0.174 e. The molecule has 3 heterocycles. The number of ether oxygens (including phenoxy) is 2. The highest BCUT2D eigenvalue weighted by Gasteiger charge is 2.22. The molecule has 1 aromatic carbocycles. The quantitative estimate of drug-likeness (QED) is 0.617. The van der Waals surface area contributed by atoms with Crippen LogP contribution in [0.4, 0.5) is 0 Å². The standard InChI is InChI=1S/C19H24N4O2S/c1-2-5-15(6-3-1)13-24-14-17-21-16-7-4-12-25-18(16)19(22-17)26-23-10-8-20-9-11-23/h1-3,5-6,20H,4,7-14H2. The molecule has 0 bridgehead atoms. The monoisotopic (exact) mass is 372 g/mol. The van der Waals surface area contributed by atoms with Crippen LogP contribution >= 0.6 is 11.9 Å². The van der Waals surface area contributed by atoms with Gasteiger partial charge in [-0.2, -0.15) is 0 Å². The summed E-state index contributed by atoms with van der Waals surface area (Å²) < 4.78 is 14.1. The Morgan fingerprint density at radius 2 is 1.96 bits per heavy atom. The molecule has 7 heteroatoms. The lowest BCUT2D eigenvalue weighted by atomic mass is 10.2. The molecule has 1 N–H and O–H groups in total. The van der Waals surface area contributed by atoms with Crippen LogP contribution in [0.15, 0.2) is 35.4 Å². The maximum absolute atomic E-state index is 5.90. The summed E-state index contributed by atoms with van der Waals surface area (Å²) in [6.45, 7) is 5.75. The molecule has 138 valence electrons. The first-order valence-corrected chi connectivity index (χ1v) is 9.94. The normalized spacial score (nSPS) is 17.5. The molecule has 0 aliphatic carbocycles. The highest BCUT2D eigenvalue weighted by atomic mass is 32.2. The second-order valence-electron chi connectivity index (χ2n) is 6.42. The van der Waals surface area contributed by atoms with E-state index in [-0.39, 0.29) is 0 Å². The molecule has 26 heavy (non-hydrogen) atoms. The van der Waals surface area contributed by atoms with E-state index in [1.54, 1.807) is 11.9 Å². The van der Waals surface area contributed by atoms with Crippen molar-refractivity contribution in [3.63, 3.8) is 0 Å². The van der Waals surface area contributed by atoms with Crippen molar-refractivity contribution in [1.29, 1.82) is 0 Å². The molecule has 0 atom stereocenters. The van der Waals surface area contributed by atoms with Gasteiger partial charge in [0.1, 0.15) is 6.61 Å². The lowest BCUT2D eigenvalue weighted by Crippen LogP contribution is -2.39. The third-order valence-corrected chi connectivity index (χ3v) is 5.46. The molecule has 0 saturated carbocycles. The SMILES string of the molecule is c1ccc(COCc2nc3c(c(SN4CCNCC4)n2)OCCC3)cc1. The largest absolute Gasteiger partial charge is 0.489 e. The fraction of sp³-hybridized carbons (Fsp3) is 0.474. The van der Waals surface area contributed by atoms with Crippen molar-refractivity contribution in [1.82, 2.24) is 19.6 Å². The first kappa shape index (κ1) is 17.7. The minimum absolute atomic E-state index is 0.414. The van der Waals surface area contributed by atoms with Gasteiger partial charge < -0.3 is 14.8 Å². The molecule has 4 rings (SSSR count). The van der Waals surface area contributed by atoms with Crippen LogP contribution in [0.3, 0.4) is 0 Å². The molecule has 2 aromatic rings. The van der Waals surface area contributed by atoms with Crippen LogP contribution in [0, 0.1) is 0 Å². The highest BCUT2D eigenvalue weighted by Crippen LogP contribution is 2.35. The summed E-state index contributed by atoms with van der Waals surface area (Å²) in [6.07, 6.45) is 1.95. The zero-order valence-corrected chi connectivity index (χ0v) is 15.6. The van der Waals surface area contributed by atoms with Gasteiger partial charge in [0.25, 0.3) is 0 Å². The van der Waals surface area contributed by atoms with Crippen LogP contribution in [0.5, 0.6) is 5.75 Å². The summed E-state index contributed by atoms with van der Waals surface area (Å²) in [5.41, 5.74) is 2.17. The number of aryl methyl sites for hydroxylation is 1. The van der Waals surface area contributed by atoms with E-state index < -0.39 is 0 Å². The topological polar surface area (TPSA) is 59.5 Å². The van der Waals surface area contributed by atoms with Crippen LogP contribution in [0.25, 0.3) is 0 Å². The lowest BCUT2D eigenvalue weighted by Gasteiger charge is -2.27. The predicted octanol–water partition coefficient (Wildman–Crippen LogP) is 2.43. The van der Waals surface area contributed by atoms with E-state index in [4.69, 9.17) is 19.4 Å². The van der Waals surface area contributed by atoms with Crippen molar-refractivity contribution in [2.75, 3.05) is 32.8 Å². The van der Waals surface area contributed by atoms with Gasteiger partial charge in [-0.05, 0) is 30.4 Å². The first-order chi connectivity index (χ1) is 12.9. The van der Waals surface area contributed by atoms with Gasteiger partial charge in [0.2, 0.25) is 0 Å². The Morgan fingerprint density at radius 3 is 2.81 bits per heavy atom. The van der Waals surface area contributed by atoms with Crippen LogP contribution in [-0.2, 0) is 24.4 Å². The fourth-order valence-electron chi connectivity index (χ4n) is 3.07. The molecule has 1 aromatic heterocycles. The summed E-state index contributed by atoms with van der Waals surface area (Å²) in [6, 6.07) is 10.2. The third-order valence-electron chi connectivity index (χ3n) is 4.39. The molecule has 6 nitrogen and oxygen atoms in total. The number of nitrogens with one attached hydrogen (secondary N) is 1. The molecule has 2 aliphatic heterocycles. The van der Waals surface area contributed by atoms with Gasteiger partial charge in [-0.25, -0.2) is 14.3 Å². The number of aromatic nitrogens is 2. The van der Waals surface area contributed by atoms with Gasteiger partial charge in [-0.15, -0.1) is 0 Å². The summed E-state index contributed by atoms with van der Waals surface area (Å²) in [4.78, 5) is 9.44. The second-order valence-corrected chi connectivity index (χ2v) is 7.51. The van der Waals surface area contributed by atoms with Crippen molar-refractivity contribution >= 4 is 11.9 Å². The Labute approximate surface area is 158 Å². The Hall–Kier alpha value is -1.67. The molecular weight excluding hydrogens is 348 g/mol. The van der Waals surface area contributed by atoms with Crippen LogP contribution in [0.1, 0.15) is 23.5 Å². The average molecular weight is 372 g/mol. The molecule has 0 spiro atoms. The van der Waals surface area contributed by atoms with Gasteiger partial charge in [-0.3, -0.25) is 0 Å². The van der Waals surface area contributed by atoms with Crippen LogP contribution in [0.2, 0.25) is 0 Å². The van der Waals surface area contributed by atoms with Crippen LogP contribution < -0.4 is 10.1 Å². The maximum Gasteiger partial charge on any atom is 0.174 e. The molecule has 1 saturated heterocycles. The van der Waals surface area contributed by atoms with Gasteiger partial charge in [0.15, 0.2) is 16.6 Å². The first-order valence-electron chi connectivity index (χ1n) is 9.16. The number of nitrogens with zero attached hydrogens (tertiary/aromatic N) is 3. The average Bonchev–Trinajstić information content (AvgIpc) is 2.70.